The molecule has 0 aliphatic carbocycles. The van der Waals surface area contributed by atoms with Gasteiger partial charge < -0.3 is 19.1 Å². The Labute approximate surface area is 139 Å². The van der Waals surface area contributed by atoms with Crippen molar-refractivity contribution in [1.82, 2.24) is 10.5 Å². The maximum atomic E-state index is 12.1. The standard InChI is InChI=1S/C14H21N2O7P/c1-9-6-10(16-22-9)7-20-11(17)4-5-15-13(18)12-14(2,3)8-21-24(19)23-12/h6,12,24H,4-5,7-8H2,1-3H3,(H,15,18)/t12-/m0/s1. The molecule has 1 aliphatic heterocycles. The number of rotatable bonds is 6. The van der Waals surface area contributed by atoms with Gasteiger partial charge in [-0.05, 0) is 6.92 Å². The second-order valence-corrected chi connectivity index (χ2v) is 7.18. The van der Waals surface area contributed by atoms with Crippen molar-refractivity contribution in [3.8, 4) is 0 Å². The van der Waals surface area contributed by atoms with Crippen molar-refractivity contribution in [3.05, 3.63) is 17.5 Å². The van der Waals surface area contributed by atoms with Gasteiger partial charge in [-0.25, -0.2) is 0 Å². The zero-order valence-corrected chi connectivity index (χ0v) is 14.8. The Balaban J connectivity index is 1.71. The number of hydrogen-bond acceptors (Lipinski definition) is 8. The van der Waals surface area contributed by atoms with E-state index in [1.807, 2.05) is 0 Å². The zero-order valence-electron chi connectivity index (χ0n) is 13.8. The molecule has 0 aromatic carbocycles. The van der Waals surface area contributed by atoms with Crippen LogP contribution in [0.25, 0.3) is 0 Å². The van der Waals surface area contributed by atoms with E-state index in [1.165, 1.54) is 0 Å². The van der Waals surface area contributed by atoms with Crippen molar-refractivity contribution in [2.45, 2.75) is 39.9 Å². The van der Waals surface area contributed by atoms with Crippen LogP contribution < -0.4 is 5.32 Å². The predicted molar refractivity (Wildman–Crippen MR) is 82.3 cm³/mol. The Morgan fingerprint density at radius 1 is 1.50 bits per heavy atom. The third-order valence-electron chi connectivity index (χ3n) is 3.41. The highest BCUT2D eigenvalue weighted by Crippen LogP contribution is 2.41. The highest BCUT2D eigenvalue weighted by molar-refractivity contribution is 7.33. The fourth-order valence-electron chi connectivity index (χ4n) is 2.11. The molecule has 2 rings (SSSR count). The highest BCUT2D eigenvalue weighted by atomic mass is 31.1. The predicted octanol–water partition coefficient (Wildman–Crippen LogP) is 1.36. The molecular weight excluding hydrogens is 339 g/mol. The van der Waals surface area contributed by atoms with Crippen LogP contribution in [-0.4, -0.2) is 36.3 Å². The van der Waals surface area contributed by atoms with E-state index in [2.05, 4.69) is 10.5 Å². The number of nitrogens with zero attached hydrogens (tertiary/aromatic N) is 1. The average Bonchev–Trinajstić information content (AvgIpc) is 2.93. The summed E-state index contributed by atoms with van der Waals surface area (Å²) >= 11 is 0. The third kappa shape index (κ3) is 5.15. The second-order valence-electron chi connectivity index (χ2n) is 6.16. The number of carbonyl (C=O) groups excluding carboxylic acids is 2. The number of aromatic nitrogens is 1. The first-order valence-corrected chi connectivity index (χ1v) is 8.69. The first kappa shape index (κ1) is 18.6. The number of hydrogen-bond donors (Lipinski definition) is 1. The fraction of sp³-hybridized carbons (Fsp3) is 0.643. The highest BCUT2D eigenvalue weighted by Gasteiger charge is 2.41. The molecule has 0 radical (unpaired) electrons. The van der Waals surface area contributed by atoms with Gasteiger partial charge in [0.2, 0.25) is 5.91 Å². The molecule has 2 heterocycles. The monoisotopic (exact) mass is 360 g/mol. The molecule has 0 saturated carbocycles. The number of amides is 1. The van der Waals surface area contributed by atoms with Crippen LogP contribution in [0.4, 0.5) is 0 Å². The van der Waals surface area contributed by atoms with Crippen LogP contribution in [0.15, 0.2) is 10.6 Å². The first-order chi connectivity index (χ1) is 11.3. The largest absolute Gasteiger partial charge is 0.459 e. The molecule has 10 heteroatoms. The molecule has 0 spiro atoms. The van der Waals surface area contributed by atoms with E-state index in [-0.39, 0.29) is 26.2 Å². The molecule has 24 heavy (non-hydrogen) atoms. The lowest BCUT2D eigenvalue weighted by Crippen LogP contribution is -2.48. The molecule has 2 atom stereocenters. The van der Waals surface area contributed by atoms with Gasteiger partial charge in [0, 0.05) is 18.0 Å². The van der Waals surface area contributed by atoms with Gasteiger partial charge in [0.1, 0.15) is 18.1 Å². The molecule has 1 aliphatic rings. The molecular formula is C14H21N2O7P. The van der Waals surface area contributed by atoms with E-state index in [0.717, 1.165) is 0 Å². The Hall–Kier alpha value is -1.70. The van der Waals surface area contributed by atoms with Crippen molar-refractivity contribution in [2.24, 2.45) is 5.41 Å². The smallest absolute Gasteiger partial charge is 0.319 e. The number of carbonyl (C=O) groups is 2. The van der Waals surface area contributed by atoms with Crippen molar-refractivity contribution >= 4 is 20.1 Å². The molecule has 1 aromatic heterocycles. The van der Waals surface area contributed by atoms with Crippen LogP contribution >= 0.6 is 8.25 Å². The summed E-state index contributed by atoms with van der Waals surface area (Å²) in [5.74, 6) is -0.273. The van der Waals surface area contributed by atoms with E-state index >= 15 is 0 Å². The number of aryl methyl sites for hydroxylation is 1. The van der Waals surface area contributed by atoms with E-state index in [0.29, 0.717) is 11.5 Å². The molecule has 134 valence electrons. The van der Waals surface area contributed by atoms with Gasteiger partial charge in [0.25, 0.3) is 0 Å². The van der Waals surface area contributed by atoms with Crippen molar-refractivity contribution in [3.63, 3.8) is 0 Å². The lowest BCUT2D eigenvalue weighted by molar-refractivity contribution is -0.145. The van der Waals surface area contributed by atoms with Gasteiger partial charge >= 0.3 is 14.2 Å². The minimum Gasteiger partial charge on any atom is -0.459 e. The molecule has 1 N–H and O–H groups in total. The molecule has 1 amide bonds. The second kappa shape index (κ2) is 7.92. The van der Waals surface area contributed by atoms with Gasteiger partial charge in [-0.1, -0.05) is 19.0 Å². The van der Waals surface area contributed by atoms with E-state index in [4.69, 9.17) is 18.3 Å². The summed E-state index contributed by atoms with van der Waals surface area (Å²) in [6.07, 6.45) is -0.881. The zero-order chi connectivity index (χ0) is 17.7. The Kier molecular flexibility index (Phi) is 6.15. The molecule has 9 nitrogen and oxygen atoms in total. The SMILES string of the molecule is Cc1cc(COC(=O)CCNC(=O)[C@@H]2O[PH](=O)OCC2(C)C)no1. The van der Waals surface area contributed by atoms with Crippen molar-refractivity contribution in [1.29, 1.82) is 0 Å². The Bertz CT molecular complexity index is 628. The fourth-order valence-corrected chi connectivity index (χ4v) is 3.29. The summed E-state index contributed by atoms with van der Waals surface area (Å²) in [6, 6.07) is 1.67. The molecule has 1 aromatic rings. The molecule has 0 bridgehead atoms. The number of esters is 1. The van der Waals surface area contributed by atoms with E-state index < -0.39 is 31.7 Å². The maximum absolute atomic E-state index is 12.1. The molecule has 1 unspecified atom stereocenters. The summed E-state index contributed by atoms with van der Waals surface area (Å²) in [4.78, 5) is 23.8. The summed E-state index contributed by atoms with van der Waals surface area (Å²) in [6.45, 7) is 5.57. The van der Waals surface area contributed by atoms with Crippen molar-refractivity contribution in [2.75, 3.05) is 13.2 Å². The summed E-state index contributed by atoms with van der Waals surface area (Å²) < 4.78 is 31.3. The third-order valence-corrected chi connectivity index (χ3v) is 4.22. The van der Waals surface area contributed by atoms with E-state index in [9.17, 15) is 14.2 Å². The Morgan fingerprint density at radius 2 is 2.25 bits per heavy atom. The van der Waals surface area contributed by atoms with Gasteiger partial charge in [0.15, 0.2) is 6.10 Å². The maximum Gasteiger partial charge on any atom is 0.319 e. The van der Waals surface area contributed by atoms with Crippen LogP contribution in [0.2, 0.25) is 0 Å². The number of ether oxygens (including phenoxy) is 1. The molecule has 1 saturated heterocycles. The van der Waals surface area contributed by atoms with Gasteiger partial charge in [-0.2, -0.15) is 0 Å². The van der Waals surface area contributed by atoms with Crippen LogP contribution in [0.5, 0.6) is 0 Å². The summed E-state index contributed by atoms with van der Waals surface area (Å²) in [5, 5.41) is 6.29. The summed E-state index contributed by atoms with van der Waals surface area (Å²) in [7, 11) is -2.65. The average molecular weight is 360 g/mol. The van der Waals surface area contributed by atoms with Gasteiger partial charge in [0.05, 0.1) is 13.0 Å². The van der Waals surface area contributed by atoms with Crippen LogP contribution in [0.3, 0.4) is 0 Å². The lowest BCUT2D eigenvalue weighted by atomic mass is 9.87. The minimum atomic E-state index is -2.65. The van der Waals surface area contributed by atoms with Gasteiger partial charge in [-0.15, -0.1) is 0 Å². The minimum absolute atomic E-state index is 0.00140. The quantitative estimate of drug-likeness (QED) is 0.597. The van der Waals surface area contributed by atoms with Gasteiger partial charge in [-0.3, -0.25) is 18.7 Å². The normalized spacial score (nSPS) is 22.8. The lowest BCUT2D eigenvalue weighted by Gasteiger charge is -2.36. The summed E-state index contributed by atoms with van der Waals surface area (Å²) in [5.41, 5.74) is -0.0825. The first-order valence-electron chi connectivity index (χ1n) is 7.47. The number of nitrogens with one attached hydrogen (secondary N) is 1. The van der Waals surface area contributed by atoms with E-state index in [1.54, 1.807) is 26.8 Å². The van der Waals surface area contributed by atoms with Crippen molar-refractivity contribution < 1.29 is 32.5 Å². The van der Waals surface area contributed by atoms with Crippen LogP contribution in [0, 0.1) is 12.3 Å². The topological polar surface area (TPSA) is 117 Å². The molecule has 1 fully saturated rings. The Morgan fingerprint density at radius 3 is 2.92 bits per heavy atom. The van der Waals surface area contributed by atoms with Crippen LogP contribution in [0.1, 0.15) is 31.7 Å². The van der Waals surface area contributed by atoms with Crippen LogP contribution in [-0.2, 0) is 34.5 Å².